The van der Waals surface area contributed by atoms with E-state index in [0.717, 1.165) is 11.5 Å². The summed E-state index contributed by atoms with van der Waals surface area (Å²) in [6.07, 6.45) is -0.543. The van der Waals surface area contributed by atoms with E-state index in [1.54, 1.807) is 23.5 Å². The average Bonchev–Trinajstić information content (AvgIpc) is 2.72. The Bertz CT molecular complexity index is 611. The minimum Gasteiger partial charge on any atom is -0.349 e. The summed E-state index contributed by atoms with van der Waals surface area (Å²) in [5.41, 5.74) is 0. The molecule has 6 heteroatoms. The Kier molecular flexibility index (Phi) is 6.53. The van der Waals surface area contributed by atoms with Crippen LogP contribution in [0.3, 0.4) is 0 Å². The zero-order valence-corrected chi connectivity index (χ0v) is 16.0. The summed E-state index contributed by atoms with van der Waals surface area (Å²) < 4.78 is 23.7. The van der Waals surface area contributed by atoms with Crippen LogP contribution in [0.15, 0.2) is 70.5 Å². The average molecular weight is 391 g/mol. The van der Waals surface area contributed by atoms with Crippen LogP contribution in [-0.4, -0.2) is 49.5 Å². The second kappa shape index (κ2) is 9.26. The van der Waals surface area contributed by atoms with E-state index in [9.17, 15) is 0 Å². The number of thioether (sulfide) groups is 2. The Morgan fingerprint density at radius 2 is 1.08 bits per heavy atom. The molecule has 0 spiro atoms. The molecular formula is C20H22O4S2. The SMILES string of the molecule is c1ccc(SC[C@@H]2OC[C@@H]3O[C@H](CSc4ccccc4)OC[C@@H]3O2)cc1. The Morgan fingerprint density at radius 3 is 1.50 bits per heavy atom. The Hall–Kier alpha value is -1.02. The quantitative estimate of drug-likeness (QED) is 0.693. The van der Waals surface area contributed by atoms with E-state index in [4.69, 9.17) is 18.9 Å². The molecule has 2 saturated heterocycles. The number of fused-ring (bicyclic) bond motifs is 1. The van der Waals surface area contributed by atoms with Gasteiger partial charge in [-0.05, 0) is 24.3 Å². The van der Waals surface area contributed by atoms with Crippen molar-refractivity contribution in [2.24, 2.45) is 0 Å². The lowest BCUT2D eigenvalue weighted by Gasteiger charge is -2.41. The van der Waals surface area contributed by atoms with Gasteiger partial charge in [0.15, 0.2) is 12.6 Å². The maximum atomic E-state index is 6.02. The molecule has 0 aromatic heterocycles. The number of benzene rings is 2. The molecule has 4 rings (SSSR count). The van der Waals surface area contributed by atoms with Crippen LogP contribution in [0.4, 0.5) is 0 Å². The van der Waals surface area contributed by atoms with E-state index in [-0.39, 0.29) is 24.8 Å². The highest BCUT2D eigenvalue weighted by atomic mass is 32.2. The van der Waals surface area contributed by atoms with E-state index < -0.39 is 0 Å². The zero-order chi connectivity index (χ0) is 17.6. The van der Waals surface area contributed by atoms with Crippen LogP contribution in [0.5, 0.6) is 0 Å². The van der Waals surface area contributed by atoms with Crippen LogP contribution < -0.4 is 0 Å². The summed E-state index contributed by atoms with van der Waals surface area (Å²) >= 11 is 3.48. The van der Waals surface area contributed by atoms with Gasteiger partial charge in [0.1, 0.15) is 12.2 Å². The van der Waals surface area contributed by atoms with Crippen molar-refractivity contribution in [2.75, 3.05) is 24.7 Å². The summed E-state index contributed by atoms with van der Waals surface area (Å²) in [4.78, 5) is 2.44. The molecule has 4 nitrogen and oxygen atoms in total. The third-order valence-electron chi connectivity index (χ3n) is 4.22. The smallest absolute Gasteiger partial charge is 0.167 e. The van der Waals surface area contributed by atoms with Crippen molar-refractivity contribution in [3.63, 3.8) is 0 Å². The van der Waals surface area contributed by atoms with Crippen molar-refractivity contribution in [2.45, 2.75) is 34.6 Å². The van der Waals surface area contributed by atoms with Gasteiger partial charge in [-0.1, -0.05) is 36.4 Å². The second-order valence-corrected chi connectivity index (χ2v) is 8.31. The largest absolute Gasteiger partial charge is 0.349 e. The summed E-state index contributed by atoms with van der Waals surface area (Å²) in [6, 6.07) is 20.6. The fourth-order valence-corrected chi connectivity index (χ4v) is 4.58. The Balaban J connectivity index is 1.21. The molecule has 0 bridgehead atoms. The van der Waals surface area contributed by atoms with Gasteiger partial charge in [0, 0.05) is 21.3 Å². The molecule has 138 valence electrons. The van der Waals surface area contributed by atoms with Crippen molar-refractivity contribution >= 4 is 23.5 Å². The fourth-order valence-electron chi connectivity index (χ4n) is 2.88. The maximum Gasteiger partial charge on any atom is 0.167 e. The molecule has 0 saturated carbocycles. The van der Waals surface area contributed by atoms with Gasteiger partial charge in [-0.3, -0.25) is 0 Å². The lowest BCUT2D eigenvalue weighted by molar-refractivity contribution is -0.326. The summed E-state index contributed by atoms with van der Waals surface area (Å²) in [5.74, 6) is 1.53. The molecule has 0 N–H and O–H groups in total. The first-order chi connectivity index (χ1) is 12.9. The first-order valence-electron chi connectivity index (χ1n) is 8.76. The second-order valence-electron chi connectivity index (χ2n) is 6.12. The topological polar surface area (TPSA) is 36.9 Å². The maximum absolute atomic E-state index is 6.02. The number of hydrogen-bond acceptors (Lipinski definition) is 6. The van der Waals surface area contributed by atoms with Crippen LogP contribution in [0.2, 0.25) is 0 Å². The Labute approximate surface area is 162 Å². The van der Waals surface area contributed by atoms with E-state index in [2.05, 4.69) is 24.3 Å². The van der Waals surface area contributed by atoms with Crippen LogP contribution in [0, 0.1) is 0 Å². The predicted molar refractivity (Wildman–Crippen MR) is 104 cm³/mol. The third-order valence-corrected chi connectivity index (χ3v) is 6.31. The molecule has 4 atom stereocenters. The minimum atomic E-state index is -0.219. The first-order valence-corrected chi connectivity index (χ1v) is 10.7. The number of ether oxygens (including phenoxy) is 4. The van der Waals surface area contributed by atoms with Gasteiger partial charge in [0.25, 0.3) is 0 Å². The molecule has 0 aliphatic carbocycles. The van der Waals surface area contributed by atoms with Crippen molar-refractivity contribution < 1.29 is 18.9 Å². The lowest BCUT2D eigenvalue weighted by Crippen LogP contribution is -2.54. The standard InChI is InChI=1S/C20H22O4S2/c1-3-7-15(8-4-1)25-13-19-21-11-18-17(23-19)12-22-20(24-18)14-26-16-9-5-2-6-10-16/h1-10,17-20H,11-14H2/t17-,18-,19+,20+/m0/s1. The predicted octanol–water partition coefficient (Wildman–Crippen LogP) is 4.05. The van der Waals surface area contributed by atoms with Crippen molar-refractivity contribution in [1.29, 1.82) is 0 Å². The highest BCUT2D eigenvalue weighted by Gasteiger charge is 2.38. The number of rotatable bonds is 6. The van der Waals surface area contributed by atoms with Gasteiger partial charge in [-0.2, -0.15) is 0 Å². The monoisotopic (exact) mass is 390 g/mol. The van der Waals surface area contributed by atoms with Crippen LogP contribution in [-0.2, 0) is 18.9 Å². The molecule has 2 aliphatic rings. The third kappa shape index (κ3) is 5.03. The summed E-state index contributed by atoms with van der Waals surface area (Å²) in [7, 11) is 0. The number of hydrogen-bond donors (Lipinski definition) is 0. The molecule has 0 unspecified atom stereocenters. The molecule has 2 aliphatic heterocycles. The van der Waals surface area contributed by atoms with Crippen LogP contribution in [0.1, 0.15) is 0 Å². The van der Waals surface area contributed by atoms with Crippen molar-refractivity contribution in [3.05, 3.63) is 60.7 Å². The Morgan fingerprint density at radius 1 is 0.654 bits per heavy atom. The van der Waals surface area contributed by atoms with E-state index in [1.165, 1.54) is 9.79 Å². The van der Waals surface area contributed by atoms with Crippen molar-refractivity contribution in [1.82, 2.24) is 0 Å². The summed E-state index contributed by atoms with van der Waals surface area (Å²) in [5, 5.41) is 0. The first kappa shape index (κ1) is 18.3. The molecule has 2 fully saturated rings. The molecule has 0 amide bonds. The highest BCUT2D eigenvalue weighted by molar-refractivity contribution is 7.99. The van der Waals surface area contributed by atoms with Crippen LogP contribution >= 0.6 is 23.5 Å². The highest BCUT2D eigenvalue weighted by Crippen LogP contribution is 2.28. The van der Waals surface area contributed by atoms with E-state index in [1.807, 2.05) is 36.4 Å². The normalized spacial score (nSPS) is 28.5. The fraction of sp³-hybridized carbons (Fsp3) is 0.400. The van der Waals surface area contributed by atoms with Gasteiger partial charge < -0.3 is 18.9 Å². The van der Waals surface area contributed by atoms with E-state index in [0.29, 0.717) is 13.2 Å². The van der Waals surface area contributed by atoms with Gasteiger partial charge >= 0.3 is 0 Å². The minimum absolute atomic E-state index is 0.0527. The van der Waals surface area contributed by atoms with Crippen molar-refractivity contribution in [3.8, 4) is 0 Å². The molecule has 26 heavy (non-hydrogen) atoms. The lowest BCUT2D eigenvalue weighted by atomic mass is 10.2. The van der Waals surface area contributed by atoms with Crippen LogP contribution in [0.25, 0.3) is 0 Å². The molecular weight excluding hydrogens is 368 g/mol. The molecule has 2 aromatic carbocycles. The van der Waals surface area contributed by atoms with Gasteiger partial charge in [0.2, 0.25) is 0 Å². The van der Waals surface area contributed by atoms with Gasteiger partial charge in [0.05, 0.1) is 13.2 Å². The summed E-state index contributed by atoms with van der Waals surface area (Å²) in [6.45, 7) is 1.11. The van der Waals surface area contributed by atoms with E-state index >= 15 is 0 Å². The van der Waals surface area contributed by atoms with Gasteiger partial charge in [-0.15, -0.1) is 23.5 Å². The molecule has 0 radical (unpaired) electrons. The van der Waals surface area contributed by atoms with Gasteiger partial charge in [-0.25, -0.2) is 0 Å². The molecule has 2 aromatic rings. The zero-order valence-electron chi connectivity index (χ0n) is 14.4. The molecule has 2 heterocycles.